The lowest BCUT2D eigenvalue weighted by Crippen LogP contribution is -2.41. The monoisotopic (exact) mass is 386 g/mol. The number of hydrogen-bond acceptors (Lipinski definition) is 3. The van der Waals surface area contributed by atoms with Crippen molar-refractivity contribution in [2.45, 2.75) is 63.3 Å². The van der Waals surface area contributed by atoms with E-state index in [-0.39, 0.29) is 25.5 Å². The number of aryl methyl sites for hydroxylation is 1. The van der Waals surface area contributed by atoms with Crippen LogP contribution in [-0.4, -0.2) is 35.2 Å². The van der Waals surface area contributed by atoms with E-state index in [1.165, 1.54) is 11.3 Å². The molecule has 1 aromatic carbocycles. The number of alkyl halides is 2. The fraction of sp³-hybridized carbons (Fsp3) is 0.522. The lowest BCUT2D eigenvalue weighted by atomic mass is 9.90. The van der Waals surface area contributed by atoms with Gasteiger partial charge in [-0.25, -0.2) is 8.78 Å². The predicted octanol–water partition coefficient (Wildman–Crippen LogP) is 5.00. The Balaban J connectivity index is 1.61. The average molecular weight is 386 g/mol. The molecule has 0 atom stereocenters. The normalized spacial score (nSPS) is 19.9. The van der Waals surface area contributed by atoms with Crippen LogP contribution in [0.15, 0.2) is 36.4 Å². The van der Waals surface area contributed by atoms with E-state index in [4.69, 9.17) is 5.11 Å². The van der Waals surface area contributed by atoms with Gasteiger partial charge in [-0.3, -0.25) is 4.98 Å². The van der Waals surface area contributed by atoms with E-state index in [0.717, 1.165) is 42.8 Å². The Labute approximate surface area is 165 Å². The number of aliphatic hydroxyl groups excluding tert-OH is 1. The van der Waals surface area contributed by atoms with Gasteiger partial charge in [-0.1, -0.05) is 12.1 Å². The third-order valence-corrected chi connectivity index (χ3v) is 6.08. The SMILES string of the molecule is OCCc1cccc(-c2ccc3c(c2)CCCCN3C2CCC(F)(F)CC2)n1. The summed E-state index contributed by atoms with van der Waals surface area (Å²) < 4.78 is 27.2. The van der Waals surface area contributed by atoms with E-state index in [2.05, 4.69) is 28.1 Å². The number of fused-ring (bicyclic) bond motifs is 1. The van der Waals surface area contributed by atoms with Crippen molar-refractivity contribution in [2.24, 2.45) is 0 Å². The number of halogens is 2. The van der Waals surface area contributed by atoms with Crippen molar-refractivity contribution in [3.8, 4) is 11.3 Å². The molecule has 2 aliphatic rings. The Kier molecular flexibility index (Phi) is 5.63. The third kappa shape index (κ3) is 4.19. The third-order valence-electron chi connectivity index (χ3n) is 6.08. The zero-order valence-corrected chi connectivity index (χ0v) is 16.2. The molecule has 0 unspecified atom stereocenters. The van der Waals surface area contributed by atoms with Gasteiger partial charge in [-0.2, -0.15) is 0 Å². The number of aromatic nitrogens is 1. The maximum atomic E-state index is 13.6. The van der Waals surface area contributed by atoms with Gasteiger partial charge in [0, 0.05) is 55.4 Å². The van der Waals surface area contributed by atoms with Crippen molar-refractivity contribution in [3.63, 3.8) is 0 Å². The van der Waals surface area contributed by atoms with Gasteiger partial charge in [0.2, 0.25) is 5.92 Å². The van der Waals surface area contributed by atoms with Crippen LogP contribution < -0.4 is 4.90 Å². The lowest BCUT2D eigenvalue weighted by molar-refractivity contribution is -0.0381. The van der Waals surface area contributed by atoms with Crippen molar-refractivity contribution in [2.75, 3.05) is 18.1 Å². The molecule has 1 aromatic heterocycles. The van der Waals surface area contributed by atoms with Crippen molar-refractivity contribution < 1.29 is 13.9 Å². The molecule has 5 heteroatoms. The van der Waals surface area contributed by atoms with E-state index in [0.29, 0.717) is 19.3 Å². The van der Waals surface area contributed by atoms with Gasteiger partial charge in [0.25, 0.3) is 0 Å². The zero-order valence-electron chi connectivity index (χ0n) is 16.2. The zero-order chi connectivity index (χ0) is 19.6. The summed E-state index contributed by atoms with van der Waals surface area (Å²) in [6, 6.07) is 12.6. The molecule has 0 radical (unpaired) electrons. The summed E-state index contributed by atoms with van der Waals surface area (Å²) in [5.41, 5.74) is 5.39. The van der Waals surface area contributed by atoms with Gasteiger partial charge < -0.3 is 10.0 Å². The molecule has 0 spiro atoms. The van der Waals surface area contributed by atoms with Crippen molar-refractivity contribution >= 4 is 5.69 Å². The molecular formula is C23H28F2N2O. The molecule has 1 aliphatic carbocycles. The minimum Gasteiger partial charge on any atom is -0.396 e. The second-order valence-corrected chi connectivity index (χ2v) is 8.07. The molecule has 2 heterocycles. The molecule has 0 bridgehead atoms. The van der Waals surface area contributed by atoms with E-state index >= 15 is 0 Å². The molecule has 3 nitrogen and oxygen atoms in total. The second-order valence-electron chi connectivity index (χ2n) is 8.07. The number of pyridine rings is 1. The van der Waals surface area contributed by atoms with Crippen LogP contribution in [0, 0.1) is 0 Å². The highest BCUT2D eigenvalue weighted by atomic mass is 19.3. The van der Waals surface area contributed by atoms with Crippen LogP contribution in [0.5, 0.6) is 0 Å². The van der Waals surface area contributed by atoms with E-state index in [9.17, 15) is 8.78 Å². The molecule has 2 aromatic rings. The first kappa shape index (κ1) is 19.3. The first-order valence-electron chi connectivity index (χ1n) is 10.4. The molecule has 0 saturated heterocycles. The van der Waals surface area contributed by atoms with Crippen LogP contribution >= 0.6 is 0 Å². The lowest BCUT2D eigenvalue weighted by Gasteiger charge is -2.38. The smallest absolute Gasteiger partial charge is 0.248 e. The average Bonchev–Trinajstić information content (AvgIpc) is 2.90. The first-order chi connectivity index (χ1) is 13.6. The molecule has 1 N–H and O–H groups in total. The van der Waals surface area contributed by atoms with Crippen molar-refractivity contribution in [1.29, 1.82) is 0 Å². The highest BCUT2D eigenvalue weighted by Crippen LogP contribution is 2.39. The summed E-state index contributed by atoms with van der Waals surface area (Å²) >= 11 is 0. The molecular weight excluding hydrogens is 358 g/mol. The largest absolute Gasteiger partial charge is 0.396 e. The number of nitrogens with zero attached hydrogens (tertiary/aromatic N) is 2. The Morgan fingerprint density at radius 1 is 1.11 bits per heavy atom. The molecule has 1 saturated carbocycles. The van der Waals surface area contributed by atoms with Crippen LogP contribution in [-0.2, 0) is 12.8 Å². The van der Waals surface area contributed by atoms with E-state index in [1.807, 2.05) is 18.2 Å². The quantitative estimate of drug-likeness (QED) is 0.803. The molecule has 0 amide bonds. The van der Waals surface area contributed by atoms with Crippen LogP contribution in [0.4, 0.5) is 14.5 Å². The van der Waals surface area contributed by atoms with Crippen molar-refractivity contribution in [3.05, 3.63) is 47.7 Å². The maximum absolute atomic E-state index is 13.6. The van der Waals surface area contributed by atoms with Gasteiger partial charge in [0.15, 0.2) is 0 Å². The van der Waals surface area contributed by atoms with Gasteiger partial charge in [-0.05, 0) is 61.9 Å². The Hall–Kier alpha value is -2.01. The van der Waals surface area contributed by atoms with Crippen LogP contribution in [0.3, 0.4) is 0 Å². The summed E-state index contributed by atoms with van der Waals surface area (Å²) in [5, 5.41) is 9.16. The maximum Gasteiger partial charge on any atom is 0.248 e. The standard InChI is InChI=1S/C23H28F2N2O/c24-23(25)12-9-20(10-13-23)27-14-2-1-4-18-16-17(7-8-22(18)27)21-6-3-5-19(26-21)11-15-28/h3,5-8,16,20,28H,1-2,4,9-15H2. The summed E-state index contributed by atoms with van der Waals surface area (Å²) in [6.45, 7) is 1.04. The molecule has 150 valence electrons. The van der Waals surface area contributed by atoms with Gasteiger partial charge in [0.1, 0.15) is 0 Å². The second kappa shape index (κ2) is 8.16. The molecule has 1 fully saturated rings. The van der Waals surface area contributed by atoms with Crippen LogP contribution in [0.25, 0.3) is 11.3 Å². The van der Waals surface area contributed by atoms with Gasteiger partial charge in [-0.15, -0.1) is 0 Å². The molecule has 1 aliphatic heterocycles. The van der Waals surface area contributed by atoms with Gasteiger partial charge in [0.05, 0.1) is 5.69 Å². The number of anilines is 1. The Bertz CT molecular complexity index is 814. The summed E-state index contributed by atoms with van der Waals surface area (Å²) in [4.78, 5) is 7.06. The highest BCUT2D eigenvalue weighted by Gasteiger charge is 2.37. The van der Waals surface area contributed by atoms with Gasteiger partial charge >= 0.3 is 0 Å². The van der Waals surface area contributed by atoms with E-state index in [1.54, 1.807) is 0 Å². The predicted molar refractivity (Wildman–Crippen MR) is 108 cm³/mol. The van der Waals surface area contributed by atoms with Crippen molar-refractivity contribution in [1.82, 2.24) is 4.98 Å². The first-order valence-corrected chi connectivity index (χ1v) is 10.4. The summed E-state index contributed by atoms with van der Waals surface area (Å²) in [7, 11) is 0. The summed E-state index contributed by atoms with van der Waals surface area (Å²) in [6.07, 6.45) is 4.93. The number of benzene rings is 1. The highest BCUT2D eigenvalue weighted by molar-refractivity contribution is 5.67. The minimum absolute atomic E-state index is 0.00313. The number of rotatable bonds is 4. The number of hydrogen-bond donors (Lipinski definition) is 1. The topological polar surface area (TPSA) is 36.4 Å². The van der Waals surface area contributed by atoms with E-state index < -0.39 is 5.92 Å². The van der Waals surface area contributed by atoms with Crippen LogP contribution in [0.1, 0.15) is 49.8 Å². The molecule has 28 heavy (non-hydrogen) atoms. The minimum atomic E-state index is -2.49. The fourth-order valence-corrected chi connectivity index (χ4v) is 4.55. The fourth-order valence-electron chi connectivity index (χ4n) is 4.55. The molecule has 4 rings (SSSR count). The number of aliphatic hydroxyl groups is 1. The Morgan fingerprint density at radius 3 is 2.71 bits per heavy atom. The Morgan fingerprint density at radius 2 is 1.93 bits per heavy atom. The summed E-state index contributed by atoms with van der Waals surface area (Å²) in [5.74, 6) is -2.49. The van der Waals surface area contributed by atoms with Crippen LogP contribution in [0.2, 0.25) is 0 Å².